The number of nitrogens with one attached hydrogen (secondary N) is 1. The van der Waals surface area contributed by atoms with Gasteiger partial charge in [-0.15, -0.1) is 0 Å². The van der Waals surface area contributed by atoms with E-state index in [1.807, 2.05) is 0 Å². The fraction of sp³-hybridized carbons (Fsp3) is 0.942. The van der Waals surface area contributed by atoms with E-state index >= 15 is 0 Å². The van der Waals surface area contributed by atoms with Gasteiger partial charge in [-0.1, -0.05) is 213 Å². The van der Waals surface area contributed by atoms with E-state index in [0.29, 0.717) is 19.3 Å². The molecule has 0 aliphatic carbocycles. The minimum Gasteiger partial charge on any atom is -0.394 e. The summed E-state index contributed by atoms with van der Waals surface area (Å²) < 4.78 is 11.1. The van der Waals surface area contributed by atoms with Crippen molar-refractivity contribution >= 4 is 5.91 Å². The molecule has 374 valence electrons. The predicted octanol–water partition coefficient (Wildman–Crippen LogP) is 9.87. The normalized spacial score (nSPS) is 21.3. The number of amides is 1. The zero-order valence-corrected chi connectivity index (χ0v) is 40.7. The summed E-state index contributed by atoms with van der Waals surface area (Å²) in [6, 6.07) is -1.16. The van der Waals surface area contributed by atoms with Crippen molar-refractivity contribution in [2.75, 3.05) is 13.2 Å². The van der Waals surface area contributed by atoms with E-state index in [1.165, 1.54) is 154 Å². The van der Waals surface area contributed by atoms with Crippen molar-refractivity contribution in [2.45, 2.75) is 294 Å². The first kappa shape index (κ1) is 59.9. The van der Waals surface area contributed by atoms with Crippen LogP contribution in [0.5, 0.6) is 0 Å². The number of unbranched alkanes of at least 4 members (excludes halogenated alkanes) is 28. The number of carbonyl (C=O) groups is 1. The quantitative estimate of drug-likeness (QED) is 0.0216. The van der Waals surface area contributed by atoms with Crippen molar-refractivity contribution in [1.82, 2.24) is 5.32 Å². The van der Waals surface area contributed by atoms with Crippen LogP contribution in [0.4, 0.5) is 0 Å². The molecule has 0 bridgehead atoms. The van der Waals surface area contributed by atoms with E-state index in [1.54, 1.807) is 0 Å². The Bertz CT molecular complexity index is 1050. The van der Waals surface area contributed by atoms with Gasteiger partial charge in [0.05, 0.1) is 25.4 Å². The highest BCUT2D eigenvalue weighted by Gasteiger charge is 2.44. The van der Waals surface area contributed by atoms with Gasteiger partial charge in [-0.2, -0.15) is 0 Å². The Morgan fingerprint density at radius 1 is 0.571 bits per heavy atom. The van der Waals surface area contributed by atoms with Gasteiger partial charge in [0.2, 0.25) is 5.91 Å². The summed E-state index contributed by atoms with van der Waals surface area (Å²) >= 11 is 0. The SMILES string of the molecule is CCCCCCC=CCCCCCCCCCCCCCCCCCCC(O)C(=O)NC(COC1OC(CO)C(O)C(O)C1O)C(O)C(O)CCCCCCCCCCCC(C)C. The smallest absolute Gasteiger partial charge is 0.249 e. The highest BCUT2D eigenvalue weighted by molar-refractivity contribution is 5.80. The Balaban J connectivity index is 2.30. The van der Waals surface area contributed by atoms with E-state index in [4.69, 9.17) is 9.47 Å². The van der Waals surface area contributed by atoms with Crippen molar-refractivity contribution in [2.24, 2.45) is 5.92 Å². The molecule has 0 aromatic heterocycles. The molecular formula is C52H101NO10. The van der Waals surface area contributed by atoms with Crippen LogP contribution >= 0.6 is 0 Å². The number of rotatable bonds is 44. The standard InChI is InChI=1S/C52H101NO10/c1-4-5-6-7-8-9-10-11-12-13-14-15-16-17-18-19-20-21-22-23-26-30-33-36-39-45(56)51(61)53-43(41-62-52-50(60)49(59)48(58)46(40-54)63-52)47(57)44(55)38-35-32-29-27-24-25-28-31-34-37-42(2)3/h9-10,42-50,52,54-60H,4-8,11-41H2,1-3H3,(H,53,61). The predicted molar refractivity (Wildman–Crippen MR) is 256 cm³/mol. The molecule has 1 fully saturated rings. The van der Waals surface area contributed by atoms with Crippen LogP contribution in [-0.2, 0) is 14.3 Å². The van der Waals surface area contributed by atoms with Crippen LogP contribution in [0.15, 0.2) is 12.2 Å². The van der Waals surface area contributed by atoms with Gasteiger partial charge < -0.3 is 50.5 Å². The summed E-state index contributed by atoms with van der Waals surface area (Å²) in [4.78, 5) is 13.1. The summed E-state index contributed by atoms with van der Waals surface area (Å²) in [5, 5.41) is 75.8. The van der Waals surface area contributed by atoms with Crippen LogP contribution in [0.1, 0.15) is 239 Å². The van der Waals surface area contributed by atoms with Crippen LogP contribution < -0.4 is 5.32 Å². The Hall–Kier alpha value is -1.15. The minimum atomic E-state index is -1.66. The monoisotopic (exact) mass is 900 g/mol. The molecule has 0 spiro atoms. The largest absolute Gasteiger partial charge is 0.394 e. The molecule has 1 amide bonds. The summed E-state index contributed by atoms with van der Waals surface area (Å²) in [7, 11) is 0. The lowest BCUT2D eigenvalue weighted by atomic mass is 9.98. The molecule has 9 atom stereocenters. The number of aliphatic hydroxyl groups excluding tert-OH is 7. The van der Waals surface area contributed by atoms with Gasteiger partial charge in [-0.05, 0) is 44.4 Å². The molecule has 1 heterocycles. The van der Waals surface area contributed by atoms with Gasteiger partial charge in [0.15, 0.2) is 6.29 Å². The van der Waals surface area contributed by atoms with Crippen molar-refractivity contribution in [3.05, 3.63) is 12.2 Å². The lowest BCUT2D eigenvalue weighted by Crippen LogP contribution is -2.60. The lowest BCUT2D eigenvalue weighted by Gasteiger charge is -2.40. The highest BCUT2D eigenvalue weighted by atomic mass is 16.7. The molecule has 0 saturated carbocycles. The molecule has 0 aromatic carbocycles. The van der Waals surface area contributed by atoms with E-state index in [0.717, 1.165) is 44.4 Å². The van der Waals surface area contributed by atoms with E-state index in [9.17, 15) is 40.5 Å². The number of hydrogen-bond donors (Lipinski definition) is 8. The molecule has 0 aromatic rings. The maximum Gasteiger partial charge on any atom is 0.249 e. The van der Waals surface area contributed by atoms with Crippen LogP contribution in [0.25, 0.3) is 0 Å². The van der Waals surface area contributed by atoms with Gasteiger partial charge in [0.1, 0.15) is 36.6 Å². The van der Waals surface area contributed by atoms with Crippen LogP contribution in [0.3, 0.4) is 0 Å². The van der Waals surface area contributed by atoms with Gasteiger partial charge in [0.25, 0.3) is 0 Å². The maximum atomic E-state index is 13.1. The fourth-order valence-electron chi connectivity index (χ4n) is 8.62. The van der Waals surface area contributed by atoms with Crippen molar-refractivity contribution in [3.8, 4) is 0 Å². The van der Waals surface area contributed by atoms with Crippen molar-refractivity contribution < 1.29 is 50.0 Å². The van der Waals surface area contributed by atoms with Gasteiger partial charge in [0, 0.05) is 0 Å². The average Bonchev–Trinajstić information content (AvgIpc) is 3.27. The zero-order chi connectivity index (χ0) is 46.3. The summed E-state index contributed by atoms with van der Waals surface area (Å²) in [5.41, 5.74) is 0. The molecule has 8 N–H and O–H groups in total. The second-order valence-electron chi connectivity index (χ2n) is 19.4. The number of hydrogen-bond acceptors (Lipinski definition) is 10. The number of ether oxygens (including phenoxy) is 2. The number of carbonyl (C=O) groups excluding carboxylic acids is 1. The third kappa shape index (κ3) is 31.5. The summed E-state index contributed by atoms with van der Waals surface area (Å²) in [6.45, 7) is 5.74. The Morgan fingerprint density at radius 3 is 1.43 bits per heavy atom. The third-order valence-corrected chi connectivity index (χ3v) is 13.0. The fourth-order valence-corrected chi connectivity index (χ4v) is 8.62. The first-order valence-corrected chi connectivity index (χ1v) is 26.4. The van der Waals surface area contributed by atoms with Crippen LogP contribution in [-0.4, -0.2) is 110 Å². The summed E-state index contributed by atoms with van der Waals surface area (Å²) in [6.07, 6.45) is 32.8. The van der Waals surface area contributed by atoms with E-state index in [2.05, 4.69) is 38.2 Å². The minimum absolute atomic E-state index is 0.263. The zero-order valence-electron chi connectivity index (χ0n) is 40.7. The Kier molecular flexibility index (Phi) is 39.0. The molecule has 9 unspecified atom stereocenters. The molecule has 11 heteroatoms. The topological polar surface area (TPSA) is 189 Å². The molecule has 1 saturated heterocycles. The highest BCUT2D eigenvalue weighted by Crippen LogP contribution is 2.23. The molecule has 0 radical (unpaired) electrons. The first-order chi connectivity index (χ1) is 30.5. The molecule has 63 heavy (non-hydrogen) atoms. The van der Waals surface area contributed by atoms with E-state index < -0.39 is 74.2 Å². The van der Waals surface area contributed by atoms with Gasteiger partial charge in [-0.25, -0.2) is 0 Å². The molecule has 1 aliphatic rings. The molecular weight excluding hydrogens is 799 g/mol. The first-order valence-electron chi connectivity index (χ1n) is 26.4. The second kappa shape index (κ2) is 41.1. The summed E-state index contributed by atoms with van der Waals surface area (Å²) in [5.74, 6) is 0.0681. The lowest BCUT2D eigenvalue weighted by molar-refractivity contribution is -0.303. The Morgan fingerprint density at radius 2 is 0.984 bits per heavy atom. The number of aliphatic hydroxyl groups is 7. The maximum absolute atomic E-state index is 13.1. The van der Waals surface area contributed by atoms with Gasteiger partial charge >= 0.3 is 0 Å². The van der Waals surface area contributed by atoms with E-state index in [-0.39, 0.29) is 6.42 Å². The Labute approximate surface area is 385 Å². The van der Waals surface area contributed by atoms with Crippen LogP contribution in [0, 0.1) is 5.92 Å². The molecule has 1 rings (SSSR count). The average molecular weight is 900 g/mol. The van der Waals surface area contributed by atoms with Crippen molar-refractivity contribution in [3.63, 3.8) is 0 Å². The van der Waals surface area contributed by atoms with Crippen molar-refractivity contribution in [1.29, 1.82) is 0 Å². The molecule has 11 nitrogen and oxygen atoms in total. The number of allylic oxidation sites excluding steroid dienone is 2. The van der Waals surface area contributed by atoms with Crippen LogP contribution in [0.2, 0.25) is 0 Å². The third-order valence-electron chi connectivity index (χ3n) is 13.0. The molecule has 1 aliphatic heterocycles. The van der Waals surface area contributed by atoms with Gasteiger partial charge in [-0.3, -0.25) is 4.79 Å². The second-order valence-corrected chi connectivity index (χ2v) is 19.4.